The van der Waals surface area contributed by atoms with Crippen LogP contribution < -0.4 is 4.74 Å². The molecule has 0 fully saturated rings. The Balaban J connectivity index is 3.21. The summed E-state index contributed by atoms with van der Waals surface area (Å²) in [4.78, 5) is 24.2. The third-order valence-corrected chi connectivity index (χ3v) is 3.20. The molecular weight excluding hydrogens is 252 g/mol. The normalized spacial score (nSPS) is 10.0. The second-order valence-corrected chi connectivity index (χ2v) is 4.42. The monoisotopic (exact) mass is 268 g/mol. The molecular formula is C13H16O4S. The van der Waals surface area contributed by atoms with Crippen LogP contribution in [0, 0.1) is 6.92 Å². The van der Waals surface area contributed by atoms with Crippen LogP contribution in [0.3, 0.4) is 0 Å². The maximum absolute atomic E-state index is 12.0. The summed E-state index contributed by atoms with van der Waals surface area (Å²) < 4.78 is 9.88. The van der Waals surface area contributed by atoms with Gasteiger partial charge in [0, 0.05) is 10.5 Å². The number of Topliss-reactive ketones (excluding diaryl/α,β-unsaturated/α-hetero) is 1. The fourth-order valence-electron chi connectivity index (χ4n) is 1.53. The summed E-state index contributed by atoms with van der Waals surface area (Å²) in [6, 6.07) is 3.41. The van der Waals surface area contributed by atoms with Crippen LogP contribution in [0.25, 0.3) is 0 Å². The second-order valence-electron chi connectivity index (χ2n) is 3.57. The van der Waals surface area contributed by atoms with Crippen LogP contribution in [0.5, 0.6) is 5.75 Å². The molecule has 1 rings (SSSR count). The number of methoxy groups -OCH3 is 1. The number of carbonyl (C=O) groups is 2. The Hall–Kier alpha value is -1.49. The third kappa shape index (κ3) is 3.04. The van der Waals surface area contributed by atoms with Crippen LogP contribution in [-0.4, -0.2) is 31.7 Å². The van der Waals surface area contributed by atoms with Crippen molar-refractivity contribution < 1.29 is 19.1 Å². The van der Waals surface area contributed by atoms with Crippen LogP contribution in [0.15, 0.2) is 17.0 Å². The highest BCUT2D eigenvalue weighted by Crippen LogP contribution is 2.29. The summed E-state index contributed by atoms with van der Waals surface area (Å²) in [5.74, 6) is -0.890. The molecule has 0 saturated carbocycles. The van der Waals surface area contributed by atoms with Crippen molar-refractivity contribution >= 4 is 23.5 Å². The first-order chi connectivity index (χ1) is 8.54. The molecule has 1 aromatic rings. The average molecular weight is 268 g/mol. The molecule has 0 heterocycles. The Bertz CT molecular complexity index is 468. The van der Waals surface area contributed by atoms with Crippen molar-refractivity contribution in [3.8, 4) is 5.75 Å². The van der Waals surface area contributed by atoms with Crippen LogP contribution in [0.4, 0.5) is 0 Å². The van der Waals surface area contributed by atoms with E-state index in [-0.39, 0.29) is 6.61 Å². The molecule has 1 aromatic carbocycles. The third-order valence-electron chi connectivity index (χ3n) is 2.42. The van der Waals surface area contributed by atoms with Gasteiger partial charge in [-0.05, 0) is 37.8 Å². The van der Waals surface area contributed by atoms with Crippen molar-refractivity contribution in [1.82, 2.24) is 0 Å². The highest BCUT2D eigenvalue weighted by Gasteiger charge is 2.22. The van der Waals surface area contributed by atoms with E-state index in [9.17, 15) is 9.59 Å². The summed E-state index contributed by atoms with van der Waals surface area (Å²) in [5, 5.41) is 0. The average Bonchev–Trinajstić information content (AvgIpc) is 2.37. The van der Waals surface area contributed by atoms with Gasteiger partial charge >= 0.3 is 5.97 Å². The van der Waals surface area contributed by atoms with E-state index in [0.29, 0.717) is 11.3 Å². The molecule has 0 atom stereocenters. The van der Waals surface area contributed by atoms with Gasteiger partial charge in [-0.2, -0.15) is 0 Å². The van der Waals surface area contributed by atoms with Gasteiger partial charge in [-0.3, -0.25) is 4.79 Å². The van der Waals surface area contributed by atoms with Gasteiger partial charge in [0.1, 0.15) is 5.75 Å². The summed E-state index contributed by atoms with van der Waals surface area (Å²) >= 11 is 1.41. The highest BCUT2D eigenvalue weighted by molar-refractivity contribution is 7.98. The number of benzene rings is 1. The maximum Gasteiger partial charge on any atom is 0.379 e. The lowest BCUT2D eigenvalue weighted by Gasteiger charge is -2.11. The second kappa shape index (κ2) is 6.44. The van der Waals surface area contributed by atoms with Gasteiger partial charge in [0.25, 0.3) is 5.78 Å². The quantitative estimate of drug-likeness (QED) is 0.355. The minimum atomic E-state index is -0.835. The molecule has 0 aliphatic heterocycles. The number of hydrogen-bond donors (Lipinski definition) is 0. The van der Waals surface area contributed by atoms with Crippen molar-refractivity contribution in [2.24, 2.45) is 0 Å². The zero-order valence-electron chi connectivity index (χ0n) is 10.9. The molecule has 0 bridgehead atoms. The Morgan fingerprint density at radius 2 is 2.00 bits per heavy atom. The van der Waals surface area contributed by atoms with E-state index >= 15 is 0 Å². The first-order valence-corrected chi connectivity index (χ1v) is 6.71. The number of aryl methyl sites for hydroxylation is 1. The van der Waals surface area contributed by atoms with E-state index in [4.69, 9.17) is 9.47 Å². The Morgan fingerprint density at radius 3 is 2.50 bits per heavy atom. The van der Waals surface area contributed by atoms with E-state index in [1.54, 1.807) is 13.0 Å². The van der Waals surface area contributed by atoms with Crippen LogP contribution in [0.1, 0.15) is 22.8 Å². The van der Waals surface area contributed by atoms with E-state index in [2.05, 4.69) is 0 Å². The van der Waals surface area contributed by atoms with Crippen molar-refractivity contribution in [3.05, 3.63) is 23.3 Å². The lowest BCUT2D eigenvalue weighted by molar-refractivity contribution is -0.137. The maximum atomic E-state index is 12.0. The molecule has 0 N–H and O–H groups in total. The summed E-state index contributed by atoms with van der Waals surface area (Å²) in [5.41, 5.74) is 1.24. The number of thioether (sulfide) groups is 1. The topological polar surface area (TPSA) is 52.6 Å². The number of ether oxygens (including phenoxy) is 2. The first-order valence-electron chi connectivity index (χ1n) is 5.49. The number of ketones is 1. The van der Waals surface area contributed by atoms with E-state index in [1.807, 2.05) is 19.2 Å². The van der Waals surface area contributed by atoms with Crippen molar-refractivity contribution in [1.29, 1.82) is 0 Å². The van der Waals surface area contributed by atoms with Gasteiger partial charge in [-0.25, -0.2) is 4.79 Å². The number of carbonyl (C=O) groups excluding carboxylic acids is 2. The number of hydrogen-bond acceptors (Lipinski definition) is 5. The molecule has 0 aliphatic carbocycles. The van der Waals surface area contributed by atoms with E-state index < -0.39 is 11.8 Å². The van der Waals surface area contributed by atoms with Gasteiger partial charge < -0.3 is 9.47 Å². The van der Waals surface area contributed by atoms with Crippen LogP contribution in [-0.2, 0) is 9.53 Å². The minimum absolute atomic E-state index is 0.183. The predicted octanol–water partition coefficient (Wildman–Crippen LogP) is 2.47. The smallest absolute Gasteiger partial charge is 0.379 e. The van der Waals surface area contributed by atoms with E-state index in [0.717, 1.165) is 10.5 Å². The summed E-state index contributed by atoms with van der Waals surface area (Å²) in [7, 11) is 1.53. The number of esters is 1. The molecule has 5 heteroatoms. The molecule has 0 radical (unpaired) electrons. The lowest BCUT2D eigenvalue weighted by Crippen LogP contribution is -2.18. The Morgan fingerprint density at radius 1 is 1.33 bits per heavy atom. The zero-order chi connectivity index (χ0) is 13.7. The number of rotatable bonds is 5. The molecule has 98 valence electrons. The van der Waals surface area contributed by atoms with Crippen LogP contribution in [0.2, 0.25) is 0 Å². The first kappa shape index (κ1) is 14.6. The highest BCUT2D eigenvalue weighted by atomic mass is 32.2. The fraction of sp³-hybridized carbons (Fsp3) is 0.385. The van der Waals surface area contributed by atoms with Gasteiger partial charge in [0.2, 0.25) is 0 Å². The van der Waals surface area contributed by atoms with Crippen molar-refractivity contribution in [3.63, 3.8) is 0 Å². The van der Waals surface area contributed by atoms with E-state index in [1.165, 1.54) is 18.9 Å². The van der Waals surface area contributed by atoms with Gasteiger partial charge in [0.05, 0.1) is 13.7 Å². The standard InChI is InChI=1S/C13H16O4S/c1-5-17-13(15)12(14)9-7-10(16-3)8(2)6-11(9)18-4/h6-7H,5H2,1-4H3. The van der Waals surface area contributed by atoms with Gasteiger partial charge in [-0.1, -0.05) is 0 Å². The minimum Gasteiger partial charge on any atom is -0.496 e. The summed E-state index contributed by atoms with van der Waals surface area (Å²) in [6.07, 6.45) is 1.85. The molecule has 0 spiro atoms. The fourth-order valence-corrected chi connectivity index (χ4v) is 2.20. The Labute approximate surface area is 111 Å². The van der Waals surface area contributed by atoms with Crippen molar-refractivity contribution in [2.75, 3.05) is 20.0 Å². The Kier molecular flexibility index (Phi) is 5.22. The molecule has 0 saturated heterocycles. The van der Waals surface area contributed by atoms with Crippen LogP contribution >= 0.6 is 11.8 Å². The molecule has 0 amide bonds. The van der Waals surface area contributed by atoms with Gasteiger partial charge in [0.15, 0.2) is 0 Å². The lowest BCUT2D eigenvalue weighted by atomic mass is 10.1. The SMILES string of the molecule is CCOC(=O)C(=O)c1cc(OC)c(C)cc1SC. The largest absolute Gasteiger partial charge is 0.496 e. The predicted molar refractivity (Wildman–Crippen MR) is 70.5 cm³/mol. The van der Waals surface area contributed by atoms with Gasteiger partial charge in [-0.15, -0.1) is 11.8 Å². The molecule has 18 heavy (non-hydrogen) atoms. The zero-order valence-corrected chi connectivity index (χ0v) is 11.7. The van der Waals surface area contributed by atoms with Crippen molar-refractivity contribution in [2.45, 2.75) is 18.7 Å². The molecule has 0 aliphatic rings. The summed E-state index contributed by atoms with van der Waals surface area (Å²) in [6.45, 7) is 3.73. The molecule has 0 aromatic heterocycles. The molecule has 0 unspecified atom stereocenters. The molecule has 4 nitrogen and oxygen atoms in total.